The number of methoxy groups -OCH3 is 1. The molecular formula is C19H16FN3O2S. The summed E-state index contributed by atoms with van der Waals surface area (Å²) in [5, 5.41) is 3.29. The number of benzene rings is 2. The van der Waals surface area contributed by atoms with Crippen LogP contribution in [0.3, 0.4) is 0 Å². The molecule has 7 heteroatoms. The molecule has 1 amide bonds. The molecule has 0 radical (unpaired) electrons. The van der Waals surface area contributed by atoms with Crippen molar-refractivity contribution in [1.29, 1.82) is 0 Å². The molecule has 0 saturated heterocycles. The van der Waals surface area contributed by atoms with Gasteiger partial charge < -0.3 is 10.1 Å². The van der Waals surface area contributed by atoms with Crippen molar-refractivity contribution < 1.29 is 13.9 Å². The largest absolute Gasteiger partial charge is 0.494 e. The van der Waals surface area contributed by atoms with E-state index in [0.717, 1.165) is 0 Å². The van der Waals surface area contributed by atoms with Gasteiger partial charge in [0.05, 0.1) is 18.7 Å². The van der Waals surface area contributed by atoms with Gasteiger partial charge in [-0.2, -0.15) is 0 Å². The van der Waals surface area contributed by atoms with E-state index in [1.165, 1.54) is 24.9 Å². The average molecular weight is 369 g/mol. The molecule has 0 saturated carbocycles. The number of carbonyl (C=O) groups excluding carboxylic acids is 1. The number of hydrogen-bond acceptors (Lipinski definition) is 5. The maximum atomic E-state index is 13.9. The second-order valence-corrected chi connectivity index (χ2v) is 6.18. The summed E-state index contributed by atoms with van der Waals surface area (Å²) >= 11 is 1.29. The molecule has 0 aliphatic heterocycles. The molecule has 1 heterocycles. The molecule has 3 rings (SSSR count). The fraction of sp³-hybridized carbons (Fsp3) is 0.105. The lowest BCUT2D eigenvalue weighted by Gasteiger charge is -2.07. The zero-order chi connectivity index (χ0) is 18.4. The van der Waals surface area contributed by atoms with Crippen LogP contribution in [0.15, 0.2) is 66.0 Å². The van der Waals surface area contributed by atoms with Gasteiger partial charge in [0, 0.05) is 17.3 Å². The third-order valence-electron chi connectivity index (χ3n) is 3.55. The number of aromatic nitrogens is 2. The van der Waals surface area contributed by atoms with Crippen LogP contribution in [0.25, 0.3) is 11.3 Å². The van der Waals surface area contributed by atoms with E-state index in [0.29, 0.717) is 27.9 Å². The second-order valence-electron chi connectivity index (χ2n) is 5.23. The number of hydrogen-bond donors (Lipinski definition) is 1. The summed E-state index contributed by atoms with van der Waals surface area (Å²) in [6.45, 7) is 0. The molecule has 0 spiro atoms. The normalized spacial score (nSPS) is 10.4. The van der Waals surface area contributed by atoms with Crippen LogP contribution in [-0.2, 0) is 0 Å². The van der Waals surface area contributed by atoms with Crippen molar-refractivity contribution in [3.63, 3.8) is 0 Å². The SMILES string of the molecule is COc1ccc(-c2ccnc(SCNC(=O)c3ccccc3)n2)cc1F. The molecule has 0 atom stereocenters. The number of carbonyl (C=O) groups is 1. The van der Waals surface area contributed by atoms with Crippen LogP contribution < -0.4 is 10.1 Å². The molecule has 5 nitrogen and oxygen atoms in total. The summed E-state index contributed by atoms with van der Waals surface area (Å²) in [5.41, 5.74) is 1.82. The molecule has 0 bridgehead atoms. The van der Waals surface area contributed by atoms with Gasteiger partial charge in [0.15, 0.2) is 16.7 Å². The average Bonchev–Trinajstić information content (AvgIpc) is 2.69. The van der Waals surface area contributed by atoms with Gasteiger partial charge in [0.2, 0.25) is 0 Å². The highest BCUT2D eigenvalue weighted by atomic mass is 32.2. The van der Waals surface area contributed by atoms with Gasteiger partial charge in [-0.1, -0.05) is 30.0 Å². The van der Waals surface area contributed by atoms with Crippen LogP contribution in [0.2, 0.25) is 0 Å². The van der Waals surface area contributed by atoms with Crippen molar-refractivity contribution in [2.24, 2.45) is 0 Å². The fourth-order valence-corrected chi connectivity index (χ4v) is 2.89. The maximum absolute atomic E-state index is 13.9. The molecule has 0 aliphatic carbocycles. The molecule has 1 N–H and O–H groups in total. The highest BCUT2D eigenvalue weighted by molar-refractivity contribution is 7.99. The first-order valence-electron chi connectivity index (χ1n) is 7.80. The van der Waals surface area contributed by atoms with E-state index < -0.39 is 5.82 Å². The first kappa shape index (κ1) is 17.9. The molecule has 1 aromatic heterocycles. The molecule has 26 heavy (non-hydrogen) atoms. The molecule has 0 aliphatic rings. The number of rotatable bonds is 6. The van der Waals surface area contributed by atoms with E-state index in [1.807, 2.05) is 18.2 Å². The van der Waals surface area contributed by atoms with E-state index in [9.17, 15) is 9.18 Å². The Kier molecular flexibility index (Phi) is 5.80. The summed E-state index contributed by atoms with van der Waals surface area (Å²) in [7, 11) is 1.42. The summed E-state index contributed by atoms with van der Waals surface area (Å²) in [5.74, 6) is -0.103. The van der Waals surface area contributed by atoms with Crippen molar-refractivity contribution >= 4 is 17.7 Å². The minimum Gasteiger partial charge on any atom is -0.494 e. The standard InChI is InChI=1S/C19H16FN3O2S/c1-25-17-8-7-14(11-15(17)20)16-9-10-21-19(23-16)26-12-22-18(24)13-5-3-2-4-6-13/h2-11H,12H2,1H3,(H,22,24). The number of ether oxygens (including phenoxy) is 1. The molecule has 0 fully saturated rings. The molecule has 3 aromatic rings. The lowest BCUT2D eigenvalue weighted by Crippen LogP contribution is -2.22. The van der Waals surface area contributed by atoms with E-state index >= 15 is 0 Å². The first-order valence-corrected chi connectivity index (χ1v) is 8.79. The van der Waals surface area contributed by atoms with Gasteiger partial charge in [-0.25, -0.2) is 14.4 Å². The molecular weight excluding hydrogens is 353 g/mol. The zero-order valence-electron chi connectivity index (χ0n) is 14.0. The summed E-state index contributed by atoms with van der Waals surface area (Å²) in [6.07, 6.45) is 1.60. The quantitative estimate of drug-likeness (QED) is 0.407. The van der Waals surface area contributed by atoms with Gasteiger partial charge in [0.25, 0.3) is 5.91 Å². The lowest BCUT2D eigenvalue weighted by molar-refractivity contribution is 0.0961. The minimum absolute atomic E-state index is 0.161. The van der Waals surface area contributed by atoms with Crippen LogP contribution in [0, 0.1) is 5.82 Å². The maximum Gasteiger partial charge on any atom is 0.251 e. The van der Waals surface area contributed by atoms with E-state index in [4.69, 9.17) is 4.74 Å². The second kappa shape index (κ2) is 8.44. The van der Waals surface area contributed by atoms with Crippen molar-refractivity contribution in [2.75, 3.05) is 13.0 Å². The van der Waals surface area contributed by atoms with Crippen molar-refractivity contribution in [3.05, 3.63) is 72.2 Å². The van der Waals surface area contributed by atoms with Gasteiger partial charge in [-0.3, -0.25) is 4.79 Å². The van der Waals surface area contributed by atoms with Gasteiger partial charge in [-0.05, 0) is 36.4 Å². The Hall–Kier alpha value is -2.93. The monoisotopic (exact) mass is 369 g/mol. The predicted octanol–water partition coefficient (Wildman–Crippen LogP) is 3.77. The smallest absolute Gasteiger partial charge is 0.251 e. The number of nitrogens with one attached hydrogen (secondary N) is 1. The van der Waals surface area contributed by atoms with Crippen molar-refractivity contribution in [1.82, 2.24) is 15.3 Å². The summed E-state index contributed by atoms with van der Waals surface area (Å²) in [6, 6.07) is 15.3. The Balaban J connectivity index is 1.64. The molecule has 0 unspecified atom stereocenters. The van der Waals surface area contributed by atoms with Crippen molar-refractivity contribution in [3.8, 4) is 17.0 Å². The third kappa shape index (κ3) is 4.37. The number of thioether (sulfide) groups is 1. The molecule has 132 valence electrons. The Morgan fingerprint density at radius 3 is 2.73 bits per heavy atom. The van der Waals surface area contributed by atoms with E-state index in [2.05, 4.69) is 15.3 Å². The van der Waals surface area contributed by atoms with Crippen LogP contribution in [0.4, 0.5) is 4.39 Å². The zero-order valence-corrected chi connectivity index (χ0v) is 14.8. The molecule has 2 aromatic carbocycles. The third-order valence-corrected chi connectivity index (χ3v) is 4.29. The van der Waals surface area contributed by atoms with E-state index in [-0.39, 0.29) is 11.7 Å². The highest BCUT2D eigenvalue weighted by Gasteiger charge is 2.09. The summed E-state index contributed by atoms with van der Waals surface area (Å²) < 4.78 is 18.8. The van der Waals surface area contributed by atoms with Crippen LogP contribution in [-0.4, -0.2) is 28.9 Å². The Bertz CT molecular complexity index is 906. The van der Waals surface area contributed by atoms with Crippen LogP contribution in [0.5, 0.6) is 5.75 Å². The Morgan fingerprint density at radius 1 is 1.19 bits per heavy atom. The van der Waals surface area contributed by atoms with Gasteiger partial charge in [-0.15, -0.1) is 0 Å². The first-order chi connectivity index (χ1) is 12.7. The Labute approximate surface area is 154 Å². The number of nitrogens with zero attached hydrogens (tertiary/aromatic N) is 2. The van der Waals surface area contributed by atoms with Gasteiger partial charge in [0.1, 0.15) is 0 Å². The highest BCUT2D eigenvalue weighted by Crippen LogP contribution is 2.25. The van der Waals surface area contributed by atoms with Crippen molar-refractivity contribution in [2.45, 2.75) is 5.16 Å². The van der Waals surface area contributed by atoms with E-state index in [1.54, 1.807) is 36.5 Å². The van der Waals surface area contributed by atoms with Crippen LogP contribution in [0.1, 0.15) is 10.4 Å². The predicted molar refractivity (Wildman–Crippen MR) is 98.6 cm³/mol. The Morgan fingerprint density at radius 2 is 2.00 bits per heavy atom. The minimum atomic E-state index is -0.451. The summed E-state index contributed by atoms with van der Waals surface area (Å²) in [4.78, 5) is 20.6. The van der Waals surface area contributed by atoms with Gasteiger partial charge >= 0.3 is 0 Å². The number of amides is 1. The topological polar surface area (TPSA) is 64.1 Å². The number of halogens is 1. The van der Waals surface area contributed by atoms with Crippen LogP contribution >= 0.6 is 11.8 Å². The fourth-order valence-electron chi connectivity index (χ4n) is 2.25. The lowest BCUT2D eigenvalue weighted by atomic mass is 10.1.